The Hall–Kier alpha value is -1.05. The van der Waals surface area contributed by atoms with E-state index in [0.717, 1.165) is 19.0 Å². The number of hydrogen-bond acceptors (Lipinski definition) is 2. The summed E-state index contributed by atoms with van der Waals surface area (Å²) in [5.74, 6) is 2.60. The Kier molecular flexibility index (Phi) is 5.64. The molecule has 18 heavy (non-hydrogen) atoms. The van der Waals surface area contributed by atoms with Crippen molar-refractivity contribution in [2.45, 2.75) is 53.9 Å². The predicted molar refractivity (Wildman–Crippen MR) is 80.4 cm³/mol. The molecular formula is C16H28N2. The number of hydrogen-bond donors (Lipinski definition) is 0. The van der Waals surface area contributed by atoms with Gasteiger partial charge in [-0.1, -0.05) is 34.6 Å². The van der Waals surface area contributed by atoms with Crippen LogP contribution in [-0.2, 0) is 0 Å². The molecule has 102 valence electrons. The number of pyridine rings is 1. The lowest BCUT2D eigenvalue weighted by molar-refractivity contribution is 0.658. The lowest BCUT2D eigenvalue weighted by atomic mass is 9.99. The summed E-state index contributed by atoms with van der Waals surface area (Å²) in [6, 6.07) is 2.16. The van der Waals surface area contributed by atoms with Crippen molar-refractivity contribution < 1.29 is 0 Å². The molecule has 1 aromatic heterocycles. The number of anilines is 1. The van der Waals surface area contributed by atoms with E-state index in [2.05, 4.69) is 43.6 Å². The Morgan fingerprint density at radius 3 is 2.50 bits per heavy atom. The molecule has 1 atom stereocenters. The van der Waals surface area contributed by atoms with Gasteiger partial charge < -0.3 is 4.90 Å². The average Bonchev–Trinajstić information content (AvgIpc) is 2.78. The SMILES string of the molecule is CC.Cc1c(C(C)C)ccnc1N1CCC(C)C1. The number of aromatic nitrogens is 1. The van der Waals surface area contributed by atoms with Gasteiger partial charge in [0.25, 0.3) is 0 Å². The molecule has 0 saturated carbocycles. The molecule has 1 aliphatic rings. The summed E-state index contributed by atoms with van der Waals surface area (Å²) < 4.78 is 0. The van der Waals surface area contributed by atoms with Crippen molar-refractivity contribution >= 4 is 5.82 Å². The van der Waals surface area contributed by atoms with Crippen LogP contribution in [0.25, 0.3) is 0 Å². The lowest BCUT2D eigenvalue weighted by Gasteiger charge is -2.21. The highest BCUT2D eigenvalue weighted by Gasteiger charge is 2.22. The van der Waals surface area contributed by atoms with Crippen LogP contribution in [0.2, 0.25) is 0 Å². The minimum atomic E-state index is 0.585. The summed E-state index contributed by atoms with van der Waals surface area (Å²) in [5, 5.41) is 0. The molecule has 1 saturated heterocycles. The van der Waals surface area contributed by atoms with Gasteiger partial charge in [0.2, 0.25) is 0 Å². The second kappa shape index (κ2) is 6.77. The topological polar surface area (TPSA) is 16.1 Å². The molecule has 1 unspecified atom stereocenters. The van der Waals surface area contributed by atoms with E-state index in [9.17, 15) is 0 Å². The fourth-order valence-electron chi connectivity index (χ4n) is 2.61. The summed E-state index contributed by atoms with van der Waals surface area (Å²) in [6.45, 7) is 15.4. The van der Waals surface area contributed by atoms with Gasteiger partial charge in [0.1, 0.15) is 5.82 Å². The molecule has 0 N–H and O–H groups in total. The molecule has 1 aromatic rings. The van der Waals surface area contributed by atoms with Crippen molar-refractivity contribution in [3.63, 3.8) is 0 Å². The van der Waals surface area contributed by atoms with Crippen LogP contribution in [-0.4, -0.2) is 18.1 Å². The zero-order chi connectivity index (χ0) is 13.7. The van der Waals surface area contributed by atoms with Crippen LogP contribution in [0, 0.1) is 12.8 Å². The molecule has 0 bridgehead atoms. The molecule has 2 rings (SSSR count). The standard InChI is InChI=1S/C14H22N2.C2H6/c1-10(2)13-5-7-15-14(12(13)4)16-8-6-11(3)9-16;1-2/h5,7,10-11H,6,8-9H2,1-4H3;1-2H3. The monoisotopic (exact) mass is 248 g/mol. The smallest absolute Gasteiger partial charge is 0.131 e. The van der Waals surface area contributed by atoms with Crippen molar-refractivity contribution in [3.8, 4) is 0 Å². The molecule has 0 spiro atoms. The van der Waals surface area contributed by atoms with Gasteiger partial charge in [0, 0.05) is 19.3 Å². The average molecular weight is 248 g/mol. The van der Waals surface area contributed by atoms with E-state index < -0.39 is 0 Å². The highest BCUT2D eigenvalue weighted by Crippen LogP contribution is 2.29. The summed E-state index contributed by atoms with van der Waals surface area (Å²) >= 11 is 0. The van der Waals surface area contributed by atoms with Crippen LogP contribution in [0.3, 0.4) is 0 Å². The van der Waals surface area contributed by atoms with Crippen LogP contribution in [0.4, 0.5) is 5.82 Å². The van der Waals surface area contributed by atoms with Crippen molar-refractivity contribution in [1.29, 1.82) is 0 Å². The largest absolute Gasteiger partial charge is 0.356 e. The first kappa shape index (κ1) is 15.0. The molecular weight excluding hydrogens is 220 g/mol. The van der Waals surface area contributed by atoms with E-state index >= 15 is 0 Å². The van der Waals surface area contributed by atoms with Crippen molar-refractivity contribution in [1.82, 2.24) is 4.98 Å². The molecule has 0 aliphatic carbocycles. The van der Waals surface area contributed by atoms with E-state index in [4.69, 9.17) is 0 Å². The fourth-order valence-corrected chi connectivity index (χ4v) is 2.61. The zero-order valence-electron chi connectivity index (χ0n) is 12.8. The van der Waals surface area contributed by atoms with Gasteiger partial charge in [-0.2, -0.15) is 0 Å². The third-order valence-electron chi connectivity index (χ3n) is 3.56. The molecule has 2 heteroatoms. The number of rotatable bonds is 2. The highest BCUT2D eigenvalue weighted by molar-refractivity contribution is 5.51. The summed E-state index contributed by atoms with van der Waals surface area (Å²) in [6.07, 6.45) is 3.26. The van der Waals surface area contributed by atoms with Crippen LogP contribution in [0.5, 0.6) is 0 Å². The first-order valence-electron chi connectivity index (χ1n) is 7.30. The van der Waals surface area contributed by atoms with Gasteiger partial charge in [-0.15, -0.1) is 0 Å². The summed E-state index contributed by atoms with van der Waals surface area (Å²) in [4.78, 5) is 7.00. The maximum atomic E-state index is 4.56. The van der Waals surface area contributed by atoms with E-state index in [1.165, 1.54) is 23.4 Å². The van der Waals surface area contributed by atoms with E-state index in [0.29, 0.717) is 5.92 Å². The molecule has 0 radical (unpaired) electrons. The molecule has 1 aliphatic heterocycles. The maximum Gasteiger partial charge on any atom is 0.131 e. The van der Waals surface area contributed by atoms with Crippen molar-refractivity contribution in [2.24, 2.45) is 5.92 Å². The van der Waals surface area contributed by atoms with Crippen molar-refractivity contribution in [3.05, 3.63) is 23.4 Å². The van der Waals surface area contributed by atoms with Gasteiger partial charge in [-0.25, -0.2) is 4.98 Å². The quantitative estimate of drug-likeness (QED) is 0.772. The van der Waals surface area contributed by atoms with Gasteiger partial charge in [0.05, 0.1) is 0 Å². The van der Waals surface area contributed by atoms with Crippen LogP contribution >= 0.6 is 0 Å². The third-order valence-corrected chi connectivity index (χ3v) is 3.56. The Balaban J connectivity index is 0.000000771. The Morgan fingerprint density at radius 2 is 2.00 bits per heavy atom. The normalized spacial score (nSPS) is 18.8. The second-order valence-electron chi connectivity index (χ2n) is 5.34. The zero-order valence-corrected chi connectivity index (χ0v) is 12.8. The van der Waals surface area contributed by atoms with Crippen molar-refractivity contribution in [2.75, 3.05) is 18.0 Å². The first-order valence-corrected chi connectivity index (χ1v) is 7.30. The Labute approximate surface area is 112 Å². The van der Waals surface area contributed by atoms with E-state index in [1.54, 1.807) is 0 Å². The van der Waals surface area contributed by atoms with E-state index in [-0.39, 0.29) is 0 Å². The molecule has 0 aromatic carbocycles. The number of nitrogens with zero attached hydrogens (tertiary/aromatic N) is 2. The Morgan fingerprint density at radius 1 is 1.33 bits per heavy atom. The van der Waals surface area contributed by atoms with Gasteiger partial charge in [-0.05, 0) is 42.4 Å². The van der Waals surface area contributed by atoms with Crippen LogP contribution in [0.15, 0.2) is 12.3 Å². The Bertz CT molecular complexity index is 371. The third kappa shape index (κ3) is 3.24. The van der Waals surface area contributed by atoms with Gasteiger partial charge in [0.15, 0.2) is 0 Å². The second-order valence-corrected chi connectivity index (χ2v) is 5.34. The summed E-state index contributed by atoms with van der Waals surface area (Å²) in [7, 11) is 0. The first-order chi connectivity index (χ1) is 8.59. The molecule has 1 fully saturated rings. The fraction of sp³-hybridized carbons (Fsp3) is 0.688. The van der Waals surface area contributed by atoms with Gasteiger partial charge in [-0.3, -0.25) is 0 Å². The van der Waals surface area contributed by atoms with Crippen LogP contribution in [0.1, 0.15) is 58.1 Å². The lowest BCUT2D eigenvalue weighted by Crippen LogP contribution is -2.21. The minimum absolute atomic E-state index is 0.585. The summed E-state index contributed by atoms with van der Waals surface area (Å²) in [5.41, 5.74) is 2.80. The van der Waals surface area contributed by atoms with Crippen LogP contribution < -0.4 is 4.90 Å². The molecule has 2 heterocycles. The molecule has 0 amide bonds. The molecule has 2 nitrogen and oxygen atoms in total. The van der Waals surface area contributed by atoms with Gasteiger partial charge >= 0.3 is 0 Å². The minimum Gasteiger partial charge on any atom is -0.356 e. The van der Waals surface area contributed by atoms with E-state index in [1.807, 2.05) is 20.0 Å². The highest BCUT2D eigenvalue weighted by atomic mass is 15.2. The predicted octanol–water partition coefficient (Wildman–Crippen LogP) is 4.39. The maximum absolute atomic E-state index is 4.56.